The molecule has 0 unspecified atom stereocenters. The molecule has 0 rings (SSSR count). The predicted octanol–water partition coefficient (Wildman–Crippen LogP) is -1.95. The van der Waals surface area contributed by atoms with Gasteiger partial charge in [-0.1, -0.05) is 6.55 Å². The van der Waals surface area contributed by atoms with Crippen molar-refractivity contribution in [2.24, 2.45) is 0 Å². The molecule has 0 heterocycles. The topological polar surface area (TPSA) is 47.9 Å². The molecule has 0 atom stereocenters. The summed E-state index contributed by atoms with van der Waals surface area (Å²) >= 11 is 0. The van der Waals surface area contributed by atoms with Crippen LogP contribution in [0.25, 0.3) is 0 Å². The van der Waals surface area contributed by atoms with Gasteiger partial charge in [0.2, 0.25) is 0 Å². The lowest BCUT2D eigenvalue weighted by Gasteiger charge is -2.03. The summed E-state index contributed by atoms with van der Waals surface area (Å²) in [6, 6.07) is 1.16. The highest BCUT2D eigenvalue weighted by atomic mass is 28.4. The van der Waals surface area contributed by atoms with Crippen LogP contribution in [0.3, 0.4) is 0 Å². The third kappa shape index (κ3) is 12.5. The Morgan fingerprint density at radius 3 is 2.77 bits per heavy atom. The molecule has 0 amide bonds. The van der Waals surface area contributed by atoms with E-state index in [0.717, 1.165) is 19.1 Å². The van der Waals surface area contributed by atoms with Gasteiger partial charge >= 0.3 is 0 Å². The SMILES string of the molecule is C[SiH2]O[SiH2]O[SiH2]CCCOCCO. The van der Waals surface area contributed by atoms with Crippen LogP contribution < -0.4 is 0 Å². The molecular weight excluding hydrogens is 220 g/mol. The van der Waals surface area contributed by atoms with E-state index in [4.69, 9.17) is 18.1 Å². The zero-order valence-electron chi connectivity index (χ0n) is 8.33. The maximum Gasteiger partial charge on any atom is 0.283 e. The van der Waals surface area contributed by atoms with Crippen molar-refractivity contribution in [2.45, 2.75) is 19.0 Å². The van der Waals surface area contributed by atoms with Gasteiger partial charge in [-0.25, -0.2) is 0 Å². The molecule has 0 saturated heterocycles. The zero-order chi connectivity index (χ0) is 9.78. The van der Waals surface area contributed by atoms with Crippen LogP contribution in [0.5, 0.6) is 0 Å². The normalized spacial score (nSPS) is 13.4. The van der Waals surface area contributed by atoms with Crippen LogP contribution in [0, 0.1) is 0 Å². The smallest absolute Gasteiger partial charge is 0.283 e. The third-order valence-corrected chi connectivity index (χ3v) is 6.34. The molecule has 4 nitrogen and oxygen atoms in total. The molecule has 0 fully saturated rings. The molecule has 7 heteroatoms. The van der Waals surface area contributed by atoms with Crippen LogP contribution in [0.4, 0.5) is 0 Å². The minimum absolute atomic E-state index is 0.121. The van der Waals surface area contributed by atoms with E-state index in [0.29, 0.717) is 6.61 Å². The molecule has 0 radical (unpaired) electrons. The van der Waals surface area contributed by atoms with E-state index in [1.54, 1.807) is 0 Å². The van der Waals surface area contributed by atoms with Gasteiger partial charge in [0.05, 0.1) is 13.2 Å². The Morgan fingerprint density at radius 1 is 1.23 bits per heavy atom. The number of hydrogen-bond acceptors (Lipinski definition) is 4. The maximum absolute atomic E-state index is 8.42. The summed E-state index contributed by atoms with van der Waals surface area (Å²) in [6.45, 7) is 3.46. The molecule has 1 N–H and O–H groups in total. The first kappa shape index (κ1) is 13.5. The number of ether oxygens (including phenoxy) is 1. The Labute approximate surface area is 86.9 Å². The van der Waals surface area contributed by atoms with Gasteiger partial charge in [-0.15, -0.1) is 0 Å². The first-order valence-corrected chi connectivity index (χ1v) is 9.48. The van der Waals surface area contributed by atoms with Gasteiger partial charge in [0, 0.05) is 6.61 Å². The van der Waals surface area contributed by atoms with Gasteiger partial charge in [-0.2, -0.15) is 0 Å². The summed E-state index contributed by atoms with van der Waals surface area (Å²) in [6.07, 6.45) is 1.06. The van der Waals surface area contributed by atoms with Gasteiger partial charge in [-0.3, -0.25) is 0 Å². The van der Waals surface area contributed by atoms with E-state index in [1.807, 2.05) is 0 Å². The fourth-order valence-electron chi connectivity index (χ4n) is 0.776. The fourth-order valence-corrected chi connectivity index (χ4v) is 4.67. The largest absolute Gasteiger partial charge is 0.447 e. The van der Waals surface area contributed by atoms with Crippen molar-refractivity contribution in [1.82, 2.24) is 0 Å². The quantitative estimate of drug-likeness (QED) is 0.356. The average Bonchev–Trinajstić information content (AvgIpc) is 2.16. The van der Waals surface area contributed by atoms with Gasteiger partial charge in [0.15, 0.2) is 0 Å². The third-order valence-electron chi connectivity index (χ3n) is 1.43. The molecule has 0 aliphatic rings. The summed E-state index contributed by atoms with van der Waals surface area (Å²) in [5.74, 6) is 0. The van der Waals surface area contributed by atoms with Crippen molar-refractivity contribution >= 4 is 29.5 Å². The lowest BCUT2D eigenvalue weighted by molar-refractivity contribution is 0.0926. The van der Waals surface area contributed by atoms with E-state index >= 15 is 0 Å². The first-order valence-electron chi connectivity index (χ1n) is 4.76. The summed E-state index contributed by atoms with van der Waals surface area (Å²) < 4.78 is 15.9. The molecule has 0 aromatic carbocycles. The summed E-state index contributed by atoms with van der Waals surface area (Å²) in [5.41, 5.74) is 0. The van der Waals surface area contributed by atoms with Gasteiger partial charge < -0.3 is 18.1 Å². The van der Waals surface area contributed by atoms with Crippen molar-refractivity contribution in [3.05, 3.63) is 0 Å². The average molecular weight is 240 g/mol. The highest BCUT2D eigenvalue weighted by molar-refractivity contribution is 6.44. The second-order valence-electron chi connectivity index (χ2n) is 2.56. The highest BCUT2D eigenvalue weighted by Gasteiger charge is 1.91. The van der Waals surface area contributed by atoms with Gasteiger partial charge in [0.25, 0.3) is 10.0 Å². The molecule has 80 valence electrons. The molecule has 0 spiro atoms. The van der Waals surface area contributed by atoms with E-state index in [2.05, 4.69) is 6.55 Å². The van der Waals surface area contributed by atoms with Crippen LogP contribution >= 0.6 is 0 Å². The van der Waals surface area contributed by atoms with E-state index in [1.165, 1.54) is 0 Å². The molecule has 0 aliphatic carbocycles. The van der Waals surface area contributed by atoms with Crippen LogP contribution in [-0.4, -0.2) is 54.5 Å². The van der Waals surface area contributed by atoms with Gasteiger partial charge in [0.1, 0.15) is 19.5 Å². The van der Waals surface area contributed by atoms with Crippen LogP contribution in [0.15, 0.2) is 0 Å². The van der Waals surface area contributed by atoms with Crippen LogP contribution in [-0.2, 0) is 13.0 Å². The Morgan fingerprint density at radius 2 is 2.08 bits per heavy atom. The minimum atomic E-state index is -0.590. The Kier molecular flexibility index (Phi) is 13.0. The van der Waals surface area contributed by atoms with Crippen molar-refractivity contribution in [2.75, 3.05) is 19.8 Å². The lowest BCUT2D eigenvalue weighted by atomic mass is 10.5. The molecule has 0 bridgehead atoms. The van der Waals surface area contributed by atoms with Crippen molar-refractivity contribution in [1.29, 1.82) is 0 Å². The summed E-state index contributed by atoms with van der Waals surface area (Å²) in [7, 11) is -1.15. The second kappa shape index (κ2) is 12.5. The van der Waals surface area contributed by atoms with Crippen LogP contribution in [0.1, 0.15) is 6.42 Å². The zero-order valence-corrected chi connectivity index (χ0v) is 12.6. The molecule has 13 heavy (non-hydrogen) atoms. The fraction of sp³-hybridized carbons (Fsp3) is 1.00. The van der Waals surface area contributed by atoms with Crippen molar-refractivity contribution in [3.8, 4) is 0 Å². The molecule has 0 aromatic heterocycles. The number of rotatable bonds is 10. The highest BCUT2D eigenvalue weighted by Crippen LogP contribution is 1.90. The Balaban J connectivity index is 2.76. The molecular formula is C6H20O4Si3. The van der Waals surface area contributed by atoms with Gasteiger partial charge in [-0.05, 0) is 12.5 Å². The summed E-state index contributed by atoms with van der Waals surface area (Å²) in [4.78, 5) is 0. The lowest BCUT2D eigenvalue weighted by Crippen LogP contribution is -2.10. The van der Waals surface area contributed by atoms with E-state index in [9.17, 15) is 0 Å². The molecule has 0 aliphatic heterocycles. The standard InChI is InChI=1S/C6H20O4Si3/c1-11-9-13-10-12-6-2-4-8-5-3-7/h7H,2-6,11-13H2,1H3. The van der Waals surface area contributed by atoms with E-state index < -0.39 is 10.0 Å². The number of aliphatic hydroxyl groups excluding tert-OH is 1. The Bertz CT molecular complexity index is 85.9. The summed E-state index contributed by atoms with van der Waals surface area (Å²) in [5, 5.41) is 8.42. The molecule has 0 aromatic rings. The number of hydrogen-bond donors (Lipinski definition) is 1. The predicted molar refractivity (Wildman–Crippen MR) is 61.0 cm³/mol. The molecule has 0 saturated carbocycles. The number of aliphatic hydroxyl groups is 1. The monoisotopic (exact) mass is 240 g/mol. The Hall–Kier alpha value is 0.491. The minimum Gasteiger partial charge on any atom is -0.447 e. The van der Waals surface area contributed by atoms with Crippen molar-refractivity contribution < 1.29 is 18.1 Å². The first-order chi connectivity index (χ1) is 6.41. The van der Waals surface area contributed by atoms with Crippen LogP contribution in [0.2, 0.25) is 12.6 Å². The maximum atomic E-state index is 8.42. The van der Waals surface area contributed by atoms with Crippen molar-refractivity contribution in [3.63, 3.8) is 0 Å². The van der Waals surface area contributed by atoms with E-state index in [-0.39, 0.29) is 26.1 Å². The second-order valence-corrected chi connectivity index (χ2v) is 7.76.